The van der Waals surface area contributed by atoms with Crippen molar-refractivity contribution in [2.45, 2.75) is 6.92 Å². The van der Waals surface area contributed by atoms with Crippen LogP contribution in [0.15, 0.2) is 0 Å². The molecule has 0 aromatic heterocycles. The van der Waals surface area contributed by atoms with E-state index in [1.807, 2.05) is 0 Å². The van der Waals surface area contributed by atoms with Gasteiger partial charge >= 0.3 is 6.09 Å². The van der Waals surface area contributed by atoms with Gasteiger partial charge < -0.3 is 4.74 Å². The number of rotatable bonds is 1. The molecule has 0 spiro atoms. The fourth-order valence-electron chi connectivity index (χ4n) is 0.181. The molecule has 0 aliphatic carbocycles. The van der Waals surface area contributed by atoms with Crippen LogP contribution in [0.2, 0.25) is 0 Å². The molecule has 0 aliphatic rings. The summed E-state index contributed by atoms with van der Waals surface area (Å²) in [6.45, 7) is 1.68. The van der Waals surface area contributed by atoms with Crippen molar-refractivity contribution in [3.8, 4) is 0 Å². The Kier molecular flexibility index (Phi) is 2.90. The van der Waals surface area contributed by atoms with Crippen LogP contribution >= 0.6 is 0 Å². The second kappa shape index (κ2) is 3.23. The number of hydrogen-bond donors (Lipinski definition) is 2. The summed E-state index contributed by atoms with van der Waals surface area (Å²) in [6, 6.07) is 0. The predicted octanol–water partition coefficient (Wildman–Crippen LogP) is 0.223. The van der Waals surface area contributed by atoms with Gasteiger partial charge in [0.25, 0.3) is 0 Å². The molecule has 0 saturated carbocycles. The van der Waals surface area contributed by atoms with E-state index in [4.69, 9.17) is 10.4 Å². The Morgan fingerprint density at radius 1 is 1.75 bits per heavy atom. The van der Waals surface area contributed by atoms with Gasteiger partial charge in [0.2, 0.25) is 0 Å². The van der Waals surface area contributed by atoms with E-state index in [0.717, 1.165) is 0 Å². The van der Waals surface area contributed by atoms with Crippen LogP contribution in [0, 0.1) is 0 Å². The average molecular weight is 121 g/mol. The summed E-state index contributed by atoms with van der Waals surface area (Å²) in [5.74, 6) is 0. The molecular formula is C3H7NO4. The number of hydrogen-bond acceptors (Lipinski definition) is 4. The average Bonchev–Trinajstić information content (AvgIpc) is 1.67. The third-order valence-corrected chi connectivity index (χ3v) is 0.431. The minimum absolute atomic E-state index is 0.121. The molecule has 0 aromatic rings. The SMILES string of the molecule is CCOC(=O)N(O)O. The maximum Gasteiger partial charge on any atom is 0.459 e. The van der Waals surface area contributed by atoms with E-state index in [1.54, 1.807) is 6.92 Å². The highest BCUT2D eigenvalue weighted by atomic mass is 16.8. The van der Waals surface area contributed by atoms with Crippen molar-refractivity contribution in [1.82, 2.24) is 5.23 Å². The molecule has 0 radical (unpaired) electrons. The Balaban J connectivity index is 3.33. The van der Waals surface area contributed by atoms with Crippen LogP contribution in [0.25, 0.3) is 0 Å². The largest absolute Gasteiger partial charge is 0.459 e. The second-order valence-corrected chi connectivity index (χ2v) is 0.988. The van der Waals surface area contributed by atoms with Crippen LogP contribution in [-0.4, -0.2) is 28.3 Å². The first-order valence-electron chi connectivity index (χ1n) is 2.03. The van der Waals surface area contributed by atoms with Gasteiger partial charge in [-0.1, -0.05) is 5.23 Å². The predicted molar refractivity (Wildman–Crippen MR) is 22.4 cm³/mol. The molecule has 0 heterocycles. The Labute approximate surface area is 46.0 Å². The Morgan fingerprint density at radius 3 is 2.38 bits per heavy atom. The normalized spacial score (nSPS) is 8.38. The summed E-state index contributed by atoms with van der Waals surface area (Å²) < 4.78 is 4.09. The number of carbonyl (C=O) groups is 1. The molecule has 0 unspecified atom stereocenters. The van der Waals surface area contributed by atoms with Crippen LogP contribution in [0.5, 0.6) is 0 Å². The van der Waals surface area contributed by atoms with Crippen molar-refractivity contribution in [2.24, 2.45) is 0 Å². The van der Waals surface area contributed by atoms with Gasteiger partial charge in [-0.15, -0.1) is 0 Å². The summed E-state index contributed by atoms with van der Waals surface area (Å²) in [5.41, 5.74) is 0. The summed E-state index contributed by atoms with van der Waals surface area (Å²) in [7, 11) is 0. The molecule has 0 aromatic carbocycles. The van der Waals surface area contributed by atoms with E-state index in [0.29, 0.717) is 0 Å². The quantitative estimate of drug-likeness (QED) is 0.384. The Morgan fingerprint density at radius 2 is 2.25 bits per heavy atom. The van der Waals surface area contributed by atoms with Gasteiger partial charge in [0.05, 0.1) is 6.61 Å². The minimum Gasteiger partial charge on any atom is -0.447 e. The molecule has 5 heteroatoms. The number of nitrogens with zero attached hydrogens (tertiary/aromatic N) is 1. The molecule has 0 bridgehead atoms. The second-order valence-electron chi connectivity index (χ2n) is 0.988. The van der Waals surface area contributed by atoms with Gasteiger partial charge in [-0.3, -0.25) is 10.4 Å². The summed E-state index contributed by atoms with van der Waals surface area (Å²) in [6.07, 6.45) is -1.17. The smallest absolute Gasteiger partial charge is 0.447 e. The molecule has 5 nitrogen and oxygen atoms in total. The van der Waals surface area contributed by atoms with Gasteiger partial charge in [-0.2, -0.15) is 0 Å². The molecule has 8 heavy (non-hydrogen) atoms. The molecule has 1 amide bonds. The van der Waals surface area contributed by atoms with Crippen molar-refractivity contribution >= 4 is 6.09 Å². The Bertz CT molecular complexity index is 81.4. The highest BCUT2D eigenvalue weighted by Crippen LogP contribution is 1.81. The fourth-order valence-corrected chi connectivity index (χ4v) is 0.181. The standard InChI is InChI=1S/C3H7NO4/c1-2-8-3(5)4(6)7/h6-7H,2H2,1H3. The van der Waals surface area contributed by atoms with Gasteiger partial charge in [0.15, 0.2) is 0 Å². The van der Waals surface area contributed by atoms with E-state index in [1.165, 1.54) is 0 Å². The minimum atomic E-state index is -1.17. The Hall–Kier alpha value is -0.810. The van der Waals surface area contributed by atoms with Crippen molar-refractivity contribution < 1.29 is 19.9 Å². The summed E-state index contributed by atoms with van der Waals surface area (Å²) in [4.78, 5) is 9.95. The highest BCUT2D eigenvalue weighted by Gasteiger charge is 2.05. The van der Waals surface area contributed by atoms with Crippen molar-refractivity contribution in [3.05, 3.63) is 0 Å². The lowest BCUT2D eigenvalue weighted by molar-refractivity contribution is -0.271. The third kappa shape index (κ3) is 2.38. The monoisotopic (exact) mass is 121 g/mol. The topological polar surface area (TPSA) is 70.0 Å². The lowest BCUT2D eigenvalue weighted by atomic mass is 10.9. The maximum absolute atomic E-state index is 9.95. The van der Waals surface area contributed by atoms with Gasteiger partial charge in [-0.05, 0) is 6.92 Å². The first-order valence-corrected chi connectivity index (χ1v) is 2.03. The first kappa shape index (κ1) is 7.19. The zero-order valence-corrected chi connectivity index (χ0v) is 4.37. The van der Waals surface area contributed by atoms with E-state index in [-0.39, 0.29) is 6.61 Å². The van der Waals surface area contributed by atoms with Crippen LogP contribution in [0.1, 0.15) is 6.92 Å². The maximum atomic E-state index is 9.95. The number of hydroxylamine groups is 2. The van der Waals surface area contributed by atoms with E-state index in [2.05, 4.69) is 4.74 Å². The van der Waals surface area contributed by atoms with E-state index in [9.17, 15) is 4.79 Å². The lowest BCUT2D eigenvalue weighted by Gasteiger charge is -2.03. The van der Waals surface area contributed by atoms with Crippen LogP contribution in [0.4, 0.5) is 4.79 Å². The van der Waals surface area contributed by atoms with Crippen LogP contribution in [-0.2, 0) is 4.74 Å². The molecule has 2 N–H and O–H groups in total. The van der Waals surface area contributed by atoms with Gasteiger partial charge in [0.1, 0.15) is 0 Å². The van der Waals surface area contributed by atoms with Crippen LogP contribution in [0.3, 0.4) is 0 Å². The van der Waals surface area contributed by atoms with E-state index >= 15 is 0 Å². The van der Waals surface area contributed by atoms with Crippen molar-refractivity contribution in [2.75, 3.05) is 6.61 Å². The summed E-state index contributed by atoms with van der Waals surface area (Å²) >= 11 is 0. The molecule has 48 valence electrons. The third-order valence-electron chi connectivity index (χ3n) is 0.431. The zero-order chi connectivity index (χ0) is 6.57. The number of ether oxygens (including phenoxy) is 1. The molecule has 0 saturated heterocycles. The van der Waals surface area contributed by atoms with Crippen LogP contribution < -0.4 is 0 Å². The van der Waals surface area contributed by atoms with Crippen molar-refractivity contribution in [1.29, 1.82) is 0 Å². The number of carbonyl (C=O) groups excluding carboxylic acids is 1. The molecule has 0 aliphatic heterocycles. The molecule has 0 fully saturated rings. The lowest BCUT2D eigenvalue weighted by Crippen LogP contribution is -2.23. The van der Waals surface area contributed by atoms with Crippen molar-refractivity contribution in [3.63, 3.8) is 0 Å². The fraction of sp³-hybridized carbons (Fsp3) is 0.667. The number of amides is 1. The summed E-state index contributed by atoms with van der Waals surface area (Å²) in [5, 5.41) is 15.1. The zero-order valence-electron chi connectivity index (χ0n) is 4.37. The molecular weight excluding hydrogens is 114 g/mol. The first-order chi connectivity index (χ1) is 3.68. The highest BCUT2D eigenvalue weighted by molar-refractivity contribution is 5.64. The molecule has 0 atom stereocenters. The van der Waals surface area contributed by atoms with Gasteiger partial charge in [0, 0.05) is 0 Å². The molecule has 0 rings (SSSR count). The van der Waals surface area contributed by atoms with E-state index < -0.39 is 11.3 Å². The van der Waals surface area contributed by atoms with Gasteiger partial charge in [-0.25, -0.2) is 4.79 Å².